The molecule has 0 aromatic heterocycles. The van der Waals surface area contributed by atoms with E-state index in [-0.39, 0.29) is 31.3 Å². The first-order valence-corrected chi connectivity index (χ1v) is 7.74. The van der Waals surface area contributed by atoms with Crippen molar-refractivity contribution in [2.75, 3.05) is 19.7 Å². The van der Waals surface area contributed by atoms with Gasteiger partial charge in [-0.2, -0.15) is 0 Å². The number of nitrogens with zero attached hydrogens (tertiary/aromatic N) is 1. The van der Waals surface area contributed by atoms with Crippen molar-refractivity contribution in [1.29, 1.82) is 0 Å². The van der Waals surface area contributed by atoms with Crippen molar-refractivity contribution in [3.05, 3.63) is 35.9 Å². The summed E-state index contributed by atoms with van der Waals surface area (Å²) in [5, 5.41) is 0. The third kappa shape index (κ3) is 5.09. The third-order valence-corrected chi connectivity index (χ3v) is 3.73. The number of Topliss-reactive ketones (excluding diaryl/α,β-unsaturated/α-hetero) is 1. The van der Waals surface area contributed by atoms with E-state index in [2.05, 4.69) is 0 Å². The van der Waals surface area contributed by atoms with Crippen LogP contribution in [-0.4, -0.2) is 42.4 Å². The highest BCUT2D eigenvalue weighted by molar-refractivity contribution is 5.97. The molecule has 2 rings (SSSR count). The van der Waals surface area contributed by atoms with Gasteiger partial charge in [-0.3, -0.25) is 9.59 Å². The molecule has 0 radical (unpaired) electrons. The zero-order chi connectivity index (χ0) is 16.7. The Morgan fingerprint density at radius 3 is 2.61 bits per heavy atom. The largest absolute Gasteiger partial charge is 0.466 e. The number of likely N-dealkylation sites (tertiary alicyclic amines) is 1. The van der Waals surface area contributed by atoms with Crippen LogP contribution < -0.4 is 0 Å². The van der Waals surface area contributed by atoms with E-state index in [1.54, 1.807) is 6.92 Å². The van der Waals surface area contributed by atoms with E-state index in [1.165, 1.54) is 4.90 Å². The summed E-state index contributed by atoms with van der Waals surface area (Å²) in [5.74, 6) is -1.01. The van der Waals surface area contributed by atoms with Crippen LogP contribution in [0.1, 0.15) is 25.3 Å². The highest BCUT2D eigenvalue weighted by atomic mass is 16.6. The van der Waals surface area contributed by atoms with E-state index >= 15 is 0 Å². The number of hydrogen-bond donors (Lipinski definition) is 0. The van der Waals surface area contributed by atoms with Crippen molar-refractivity contribution in [1.82, 2.24) is 4.90 Å². The van der Waals surface area contributed by atoms with E-state index in [4.69, 9.17) is 9.47 Å². The van der Waals surface area contributed by atoms with Gasteiger partial charge in [-0.25, -0.2) is 4.79 Å². The summed E-state index contributed by atoms with van der Waals surface area (Å²) in [6.07, 6.45) is -0.107. The van der Waals surface area contributed by atoms with E-state index in [0.29, 0.717) is 19.5 Å². The maximum Gasteiger partial charge on any atom is 0.410 e. The van der Waals surface area contributed by atoms with Crippen LogP contribution in [0.5, 0.6) is 0 Å². The number of carbonyl (C=O) groups is 3. The average molecular weight is 319 g/mol. The molecule has 0 aliphatic carbocycles. The molecule has 1 heterocycles. The summed E-state index contributed by atoms with van der Waals surface area (Å²) in [6.45, 7) is 2.92. The predicted molar refractivity (Wildman–Crippen MR) is 82.6 cm³/mol. The Bertz CT molecular complexity index is 557. The summed E-state index contributed by atoms with van der Waals surface area (Å²) in [6, 6.07) is 9.41. The highest BCUT2D eigenvalue weighted by Crippen LogP contribution is 2.20. The molecule has 0 bridgehead atoms. The van der Waals surface area contributed by atoms with E-state index in [0.717, 1.165) is 5.56 Å². The topological polar surface area (TPSA) is 72.9 Å². The Kier molecular flexibility index (Phi) is 6.14. The van der Waals surface area contributed by atoms with Gasteiger partial charge in [-0.15, -0.1) is 0 Å². The van der Waals surface area contributed by atoms with Crippen LogP contribution in [0.15, 0.2) is 30.3 Å². The minimum Gasteiger partial charge on any atom is -0.466 e. The van der Waals surface area contributed by atoms with Crippen LogP contribution in [-0.2, 0) is 25.7 Å². The van der Waals surface area contributed by atoms with Crippen LogP contribution in [0.3, 0.4) is 0 Å². The van der Waals surface area contributed by atoms with Gasteiger partial charge in [0.05, 0.1) is 6.61 Å². The lowest BCUT2D eigenvalue weighted by Gasteiger charge is -2.16. The number of hydrogen-bond acceptors (Lipinski definition) is 5. The molecule has 1 aromatic rings. The van der Waals surface area contributed by atoms with Gasteiger partial charge >= 0.3 is 12.1 Å². The SMILES string of the molecule is CCOC(=O)CC(=O)C1CCN(C(=O)OCc2ccccc2)C1. The molecular weight excluding hydrogens is 298 g/mol. The molecule has 6 nitrogen and oxygen atoms in total. The predicted octanol–water partition coefficient (Wildman–Crippen LogP) is 2.17. The van der Waals surface area contributed by atoms with Crippen LogP contribution in [0.25, 0.3) is 0 Å². The van der Waals surface area contributed by atoms with Crippen LogP contribution in [0, 0.1) is 5.92 Å². The monoisotopic (exact) mass is 319 g/mol. The lowest BCUT2D eigenvalue weighted by molar-refractivity contribution is -0.146. The number of rotatable bonds is 6. The fourth-order valence-electron chi connectivity index (χ4n) is 2.50. The maximum atomic E-state index is 12.0. The molecule has 0 saturated carbocycles. The summed E-state index contributed by atoms with van der Waals surface area (Å²) in [7, 11) is 0. The lowest BCUT2D eigenvalue weighted by Crippen LogP contribution is -2.30. The molecule has 1 fully saturated rings. The number of amides is 1. The maximum absolute atomic E-state index is 12.0. The second-order valence-corrected chi connectivity index (χ2v) is 5.42. The summed E-state index contributed by atoms with van der Waals surface area (Å²) < 4.78 is 10.0. The first kappa shape index (κ1) is 17.0. The molecule has 0 spiro atoms. The molecule has 1 unspecified atom stereocenters. The smallest absolute Gasteiger partial charge is 0.410 e. The fraction of sp³-hybridized carbons (Fsp3) is 0.471. The number of esters is 1. The third-order valence-electron chi connectivity index (χ3n) is 3.73. The van der Waals surface area contributed by atoms with Crippen molar-refractivity contribution >= 4 is 17.8 Å². The number of ketones is 1. The number of carbonyl (C=O) groups excluding carboxylic acids is 3. The van der Waals surface area contributed by atoms with Gasteiger partial charge in [0.2, 0.25) is 0 Å². The standard InChI is InChI=1S/C17H21NO5/c1-2-22-16(20)10-15(19)14-8-9-18(11-14)17(21)23-12-13-6-4-3-5-7-13/h3-7,14H,2,8-12H2,1H3. The van der Waals surface area contributed by atoms with Crippen molar-refractivity contribution in [2.24, 2.45) is 5.92 Å². The number of benzene rings is 1. The van der Waals surface area contributed by atoms with E-state index < -0.39 is 12.1 Å². The highest BCUT2D eigenvalue weighted by Gasteiger charge is 2.32. The quantitative estimate of drug-likeness (QED) is 0.593. The van der Waals surface area contributed by atoms with Crippen molar-refractivity contribution in [2.45, 2.75) is 26.4 Å². The Morgan fingerprint density at radius 2 is 1.91 bits per heavy atom. The molecule has 124 valence electrons. The number of ether oxygens (including phenoxy) is 2. The molecule has 1 amide bonds. The summed E-state index contributed by atoms with van der Waals surface area (Å²) in [5.41, 5.74) is 0.912. The summed E-state index contributed by atoms with van der Waals surface area (Å²) >= 11 is 0. The fourth-order valence-corrected chi connectivity index (χ4v) is 2.50. The Labute approximate surface area is 135 Å². The molecular formula is C17H21NO5. The van der Waals surface area contributed by atoms with Crippen LogP contribution >= 0.6 is 0 Å². The lowest BCUT2D eigenvalue weighted by atomic mass is 10.0. The molecule has 1 saturated heterocycles. The van der Waals surface area contributed by atoms with Crippen molar-refractivity contribution < 1.29 is 23.9 Å². The Morgan fingerprint density at radius 1 is 1.17 bits per heavy atom. The Hall–Kier alpha value is -2.37. The minimum atomic E-state index is -0.511. The molecule has 1 aliphatic rings. The molecule has 1 atom stereocenters. The normalized spacial score (nSPS) is 16.9. The first-order chi connectivity index (χ1) is 11.1. The molecule has 1 aliphatic heterocycles. The van der Waals surface area contributed by atoms with E-state index in [9.17, 15) is 14.4 Å². The van der Waals surface area contributed by atoms with Crippen molar-refractivity contribution in [3.8, 4) is 0 Å². The molecule has 1 aromatic carbocycles. The van der Waals surface area contributed by atoms with Gasteiger partial charge in [0.1, 0.15) is 18.8 Å². The summed E-state index contributed by atoms with van der Waals surface area (Å²) in [4.78, 5) is 36.9. The molecule has 0 N–H and O–H groups in total. The average Bonchev–Trinajstić information content (AvgIpc) is 3.04. The molecule has 23 heavy (non-hydrogen) atoms. The van der Waals surface area contributed by atoms with Gasteiger partial charge in [0.15, 0.2) is 0 Å². The van der Waals surface area contributed by atoms with E-state index in [1.807, 2.05) is 30.3 Å². The van der Waals surface area contributed by atoms with Gasteiger partial charge in [0, 0.05) is 19.0 Å². The Balaban J connectivity index is 1.76. The first-order valence-electron chi connectivity index (χ1n) is 7.74. The van der Waals surface area contributed by atoms with Gasteiger partial charge < -0.3 is 14.4 Å². The molecule has 6 heteroatoms. The zero-order valence-electron chi connectivity index (χ0n) is 13.2. The minimum absolute atomic E-state index is 0.179. The van der Waals surface area contributed by atoms with Crippen LogP contribution in [0.4, 0.5) is 4.79 Å². The van der Waals surface area contributed by atoms with Gasteiger partial charge in [-0.1, -0.05) is 30.3 Å². The van der Waals surface area contributed by atoms with Crippen LogP contribution in [0.2, 0.25) is 0 Å². The second kappa shape index (κ2) is 8.31. The zero-order valence-corrected chi connectivity index (χ0v) is 13.2. The van der Waals surface area contributed by atoms with Gasteiger partial charge in [0.25, 0.3) is 0 Å². The van der Waals surface area contributed by atoms with Crippen molar-refractivity contribution in [3.63, 3.8) is 0 Å². The van der Waals surface area contributed by atoms with Gasteiger partial charge in [-0.05, 0) is 18.9 Å². The second-order valence-electron chi connectivity index (χ2n) is 5.42.